The first-order chi connectivity index (χ1) is 7.75. The molecule has 0 atom stereocenters. The molecule has 0 aliphatic rings. The van der Waals surface area contributed by atoms with Gasteiger partial charge in [0.2, 0.25) is 0 Å². The zero-order chi connectivity index (χ0) is 11.4. The molecule has 1 heterocycles. The number of halogens is 1. The van der Waals surface area contributed by atoms with Gasteiger partial charge in [-0.15, -0.1) is 11.3 Å². The second-order valence-corrected chi connectivity index (χ2v) is 3.98. The first-order valence-corrected chi connectivity index (χ1v) is 5.50. The lowest BCUT2D eigenvalue weighted by Crippen LogP contribution is -2.19. The molecule has 0 radical (unpaired) electrons. The van der Waals surface area contributed by atoms with Crippen molar-refractivity contribution in [2.75, 3.05) is 10.6 Å². The molecule has 16 heavy (non-hydrogen) atoms. The number of amides is 2. The summed E-state index contributed by atoms with van der Waals surface area (Å²) in [6.45, 7) is 0. The quantitative estimate of drug-likeness (QED) is 0.822. The van der Waals surface area contributed by atoms with Gasteiger partial charge in [0.25, 0.3) is 0 Å². The molecule has 2 N–H and O–H groups in total. The van der Waals surface area contributed by atoms with E-state index in [0.717, 1.165) is 0 Å². The highest BCUT2D eigenvalue weighted by atomic mass is 32.1. The molecule has 1 aromatic carbocycles. The van der Waals surface area contributed by atoms with Crippen molar-refractivity contribution >= 4 is 28.1 Å². The molecule has 0 saturated heterocycles. The molecular weight excluding hydrogens is 227 g/mol. The fraction of sp³-hybridized carbons (Fsp3) is 0. The molecule has 0 aliphatic carbocycles. The minimum absolute atomic E-state index is 0.163. The number of para-hydroxylation sites is 1. The van der Waals surface area contributed by atoms with Crippen LogP contribution in [0.1, 0.15) is 0 Å². The van der Waals surface area contributed by atoms with E-state index in [1.54, 1.807) is 18.2 Å². The van der Waals surface area contributed by atoms with Gasteiger partial charge in [-0.1, -0.05) is 12.1 Å². The minimum Gasteiger partial charge on any atom is -0.305 e. The van der Waals surface area contributed by atoms with Crippen LogP contribution >= 0.6 is 11.3 Å². The number of carbonyl (C=O) groups is 1. The van der Waals surface area contributed by atoms with Crippen LogP contribution in [-0.4, -0.2) is 6.03 Å². The SMILES string of the molecule is O=C(Nc1cccs1)Nc1ccccc1F. The molecule has 2 rings (SSSR count). The largest absolute Gasteiger partial charge is 0.324 e. The summed E-state index contributed by atoms with van der Waals surface area (Å²) in [5, 5.41) is 7.59. The Morgan fingerprint density at radius 2 is 1.94 bits per heavy atom. The Bertz CT molecular complexity index is 484. The summed E-state index contributed by atoms with van der Waals surface area (Å²) in [4.78, 5) is 11.4. The zero-order valence-electron chi connectivity index (χ0n) is 8.24. The zero-order valence-corrected chi connectivity index (χ0v) is 9.05. The monoisotopic (exact) mass is 236 g/mol. The molecule has 3 nitrogen and oxygen atoms in total. The summed E-state index contributed by atoms with van der Waals surface area (Å²) in [5.74, 6) is -0.455. The van der Waals surface area contributed by atoms with E-state index in [1.807, 2.05) is 11.4 Å². The number of hydrogen-bond donors (Lipinski definition) is 2. The van der Waals surface area contributed by atoms with E-state index in [0.29, 0.717) is 5.00 Å². The van der Waals surface area contributed by atoms with Crippen LogP contribution in [0.4, 0.5) is 19.9 Å². The standard InChI is InChI=1S/C11H9FN2OS/c12-8-4-1-2-5-9(8)13-11(15)14-10-6-3-7-16-10/h1-7H,(H2,13,14,15). The Labute approximate surface area is 95.9 Å². The van der Waals surface area contributed by atoms with Crippen molar-refractivity contribution in [2.24, 2.45) is 0 Å². The van der Waals surface area contributed by atoms with Gasteiger partial charge in [-0.3, -0.25) is 5.32 Å². The number of rotatable bonds is 2. The Morgan fingerprint density at radius 1 is 1.12 bits per heavy atom. The summed E-state index contributed by atoms with van der Waals surface area (Å²) in [6.07, 6.45) is 0. The number of hydrogen-bond acceptors (Lipinski definition) is 2. The number of benzene rings is 1. The van der Waals surface area contributed by atoms with Gasteiger partial charge in [0.15, 0.2) is 0 Å². The minimum atomic E-state index is -0.455. The summed E-state index contributed by atoms with van der Waals surface area (Å²) >= 11 is 1.40. The molecule has 2 amide bonds. The maximum absolute atomic E-state index is 13.2. The molecule has 0 saturated carbocycles. The fourth-order valence-corrected chi connectivity index (χ4v) is 1.79. The van der Waals surface area contributed by atoms with Gasteiger partial charge in [0.1, 0.15) is 5.82 Å². The van der Waals surface area contributed by atoms with Crippen LogP contribution in [0.5, 0.6) is 0 Å². The number of urea groups is 1. The molecule has 0 aliphatic heterocycles. The van der Waals surface area contributed by atoms with Gasteiger partial charge < -0.3 is 5.32 Å². The first-order valence-electron chi connectivity index (χ1n) is 4.62. The average molecular weight is 236 g/mol. The van der Waals surface area contributed by atoms with Gasteiger partial charge in [-0.05, 0) is 29.6 Å². The lowest BCUT2D eigenvalue weighted by atomic mass is 10.3. The Balaban J connectivity index is 2.00. The molecule has 0 fully saturated rings. The van der Waals surface area contributed by atoms with Crippen molar-refractivity contribution < 1.29 is 9.18 Å². The lowest BCUT2D eigenvalue weighted by Gasteiger charge is -2.06. The van der Waals surface area contributed by atoms with Crippen molar-refractivity contribution in [3.63, 3.8) is 0 Å². The van der Waals surface area contributed by atoms with E-state index < -0.39 is 11.8 Å². The highest BCUT2D eigenvalue weighted by Gasteiger charge is 2.06. The summed E-state index contributed by atoms with van der Waals surface area (Å²) in [6, 6.07) is 9.16. The normalized spacial score (nSPS) is 9.81. The summed E-state index contributed by atoms with van der Waals surface area (Å²) in [5.41, 5.74) is 0.163. The Hall–Kier alpha value is -1.88. The van der Waals surface area contributed by atoms with Gasteiger partial charge in [0, 0.05) is 0 Å². The van der Waals surface area contributed by atoms with Crippen LogP contribution in [-0.2, 0) is 0 Å². The van der Waals surface area contributed by atoms with E-state index in [1.165, 1.54) is 23.5 Å². The van der Waals surface area contributed by atoms with Crippen LogP contribution < -0.4 is 10.6 Å². The van der Waals surface area contributed by atoms with Crippen molar-refractivity contribution in [3.05, 3.63) is 47.6 Å². The molecule has 0 bridgehead atoms. The highest BCUT2D eigenvalue weighted by Crippen LogP contribution is 2.16. The van der Waals surface area contributed by atoms with Crippen LogP contribution in [0.2, 0.25) is 0 Å². The molecular formula is C11H9FN2OS. The Kier molecular flexibility index (Phi) is 3.16. The van der Waals surface area contributed by atoms with Gasteiger partial charge >= 0.3 is 6.03 Å². The number of nitrogens with one attached hydrogen (secondary N) is 2. The molecule has 5 heteroatoms. The average Bonchev–Trinajstić information content (AvgIpc) is 2.74. The second-order valence-electron chi connectivity index (χ2n) is 3.04. The van der Waals surface area contributed by atoms with E-state index in [2.05, 4.69) is 10.6 Å². The molecule has 82 valence electrons. The van der Waals surface area contributed by atoms with E-state index in [9.17, 15) is 9.18 Å². The maximum Gasteiger partial charge on any atom is 0.324 e. The lowest BCUT2D eigenvalue weighted by molar-refractivity contribution is 0.262. The Morgan fingerprint density at radius 3 is 2.62 bits per heavy atom. The predicted molar refractivity (Wildman–Crippen MR) is 63.4 cm³/mol. The third-order valence-electron chi connectivity index (χ3n) is 1.88. The number of anilines is 2. The smallest absolute Gasteiger partial charge is 0.305 e. The van der Waals surface area contributed by atoms with Gasteiger partial charge in [-0.2, -0.15) is 0 Å². The van der Waals surface area contributed by atoms with Crippen LogP contribution in [0.15, 0.2) is 41.8 Å². The molecule has 1 aromatic heterocycles. The van der Waals surface area contributed by atoms with E-state index >= 15 is 0 Å². The molecule has 2 aromatic rings. The van der Waals surface area contributed by atoms with Crippen molar-refractivity contribution in [1.29, 1.82) is 0 Å². The van der Waals surface area contributed by atoms with Crippen LogP contribution in [0, 0.1) is 5.82 Å². The third-order valence-corrected chi connectivity index (χ3v) is 2.67. The van der Waals surface area contributed by atoms with Crippen LogP contribution in [0.3, 0.4) is 0 Å². The number of thiophene rings is 1. The third kappa shape index (κ3) is 2.58. The molecule has 0 spiro atoms. The number of carbonyl (C=O) groups excluding carboxylic acids is 1. The summed E-state index contributed by atoms with van der Waals surface area (Å²) in [7, 11) is 0. The van der Waals surface area contributed by atoms with Crippen LogP contribution in [0.25, 0.3) is 0 Å². The fourth-order valence-electron chi connectivity index (χ4n) is 1.18. The predicted octanol–water partition coefficient (Wildman–Crippen LogP) is 3.53. The second kappa shape index (κ2) is 4.76. The maximum atomic E-state index is 13.2. The van der Waals surface area contributed by atoms with Crippen molar-refractivity contribution in [3.8, 4) is 0 Å². The summed E-state index contributed by atoms with van der Waals surface area (Å²) < 4.78 is 13.2. The van der Waals surface area contributed by atoms with E-state index in [-0.39, 0.29) is 5.69 Å². The van der Waals surface area contributed by atoms with Gasteiger partial charge in [-0.25, -0.2) is 9.18 Å². The van der Waals surface area contributed by atoms with E-state index in [4.69, 9.17) is 0 Å². The molecule has 0 unspecified atom stereocenters. The van der Waals surface area contributed by atoms with Crippen molar-refractivity contribution in [1.82, 2.24) is 0 Å². The van der Waals surface area contributed by atoms with Crippen molar-refractivity contribution in [2.45, 2.75) is 0 Å². The highest BCUT2D eigenvalue weighted by molar-refractivity contribution is 7.14. The van der Waals surface area contributed by atoms with Gasteiger partial charge in [0.05, 0.1) is 10.7 Å². The first kappa shape index (κ1) is 10.6. The topological polar surface area (TPSA) is 41.1 Å².